The van der Waals surface area contributed by atoms with Crippen molar-refractivity contribution in [1.29, 1.82) is 0 Å². The number of fused-ring (bicyclic) bond motifs is 1. The average Bonchev–Trinajstić information content (AvgIpc) is 3.32. The van der Waals surface area contributed by atoms with E-state index >= 15 is 0 Å². The number of thiophene rings is 1. The molecule has 1 aromatic carbocycles. The summed E-state index contributed by atoms with van der Waals surface area (Å²) in [6.07, 6.45) is 3.25. The van der Waals surface area contributed by atoms with Crippen LogP contribution in [0.15, 0.2) is 52.2 Å². The van der Waals surface area contributed by atoms with Crippen LogP contribution in [-0.2, 0) is 16.4 Å². The van der Waals surface area contributed by atoms with E-state index in [1.165, 1.54) is 10.0 Å². The normalized spacial score (nSPS) is 17.0. The molecule has 0 fully saturated rings. The van der Waals surface area contributed by atoms with Gasteiger partial charge in [0.1, 0.15) is 10.0 Å². The third-order valence-corrected chi connectivity index (χ3v) is 7.69. The Morgan fingerprint density at radius 3 is 2.72 bits per heavy atom. The van der Waals surface area contributed by atoms with Crippen LogP contribution in [0.2, 0.25) is 0 Å². The van der Waals surface area contributed by atoms with Crippen LogP contribution in [0.1, 0.15) is 23.6 Å². The van der Waals surface area contributed by atoms with Gasteiger partial charge in [0.25, 0.3) is 10.0 Å². The van der Waals surface area contributed by atoms with E-state index in [4.69, 9.17) is 0 Å². The van der Waals surface area contributed by atoms with Crippen LogP contribution in [0.5, 0.6) is 0 Å². The summed E-state index contributed by atoms with van der Waals surface area (Å²) in [5.74, 6) is -0.418. The molecule has 0 bridgehead atoms. The van der Waals surface area contributed by atoms with Crippen molar-refractivity contribution in [3.63, 3.8) is 0 Å². The van der Waals surface area contributed by atoms with Gasteiger partial charge >= 0.3 is 0 Å². The molecule has 2 heterocycles. The molecule has 4 nitrogen and oxygen atoms in total. The highest BCUT2D eigenvalue weighted by molar-refractivity contribution is 7.92. The largest absolute Gasteiger partial charge is 0.313 e. The zero-order valence-electron chi connectivity index (χ0n) is 13.6. The van der Waals surface area contributed by atoms with Gasteiger partial charge in [-0.2, -0.15) is 8.42 Å². The van der Waals surface area contributed by atoms with E-state index in [0.717, 1.165) is 35.3 Å². The summed E-state index contributed by atoms with van der Waals surface area (Å²) in [4.78, 5) is 0. The predicted octanol–water partition coefficient (Wildman–Crippen LogP) is 3.80. The van der Waals surface area contributed by atoms with Crippen LogP contribution in [0.25, 0.3) is 11.3 Å². The summed E-state index contributed by atoms with van der Waals surface area (Å²) < 4.78 is 42.3. The molecule has 0 spiro atoms. The number of hydrogen-bond donors (Lipinski definition) is 1. The molecule has 4 rings (SSSR count). The number of halogens is 1. The number of rotatable bonds is 4. The van der Waals surface area contributed by atoms with Crippen molar-refractivity contribution in [2.75, 3.05) is 7.05 Å². The van der Waals surface area contributed by atoms with E-state index in [9.17, 15) is 12.8 Å². The van der Waals surface area contributed by atoms with Gasteiger partial charge < -0.3 is 5.32 Å². The molecular weight excluding hydrogens is 359 g/mol. The summed E-state index contributed by atoms with van der Waals surface area (Å²) in [6, 6.07) is 9.69. The van der Waals surface area contributed by atoms with Crippen LogP contribution in [0.4, 0.5) is 4.39 Å². The Hall–Kier alpha value is -1.96. The van der Waals surface area contributed by atoms with Gasteiger partial charge in [0.2, 0.25) is 0 Å². The molecule has 0 aliphatic heterocycles. The lowest BCUT2D eigenvalue weighted by Crippen LogP contribution is -2.15. The van der Waals surface area contributed by atoms with E-state index in [0.29, 0.717) is 11.3 Å². The number of aromatic nitrogens is 1. The first-order valence-corrected chi connectivity index (χ1v) is 10.3. The fourth-order valence-corrected chi connectivity index (χ4v) is 5.96. The molecule has 1 aliphatic rings. The van der Waals surface area contributed by atoms with Crippen molar-refractivity contribution < 1.29 is 12.8 Å². The lowest BCUT2D eigenvalue weighted by molar-refractivity contribution is 0.579. The summed E-state index contributed by atoms with van der Waals surface area (Å²) in [6.45, 7) is 0. The molecule has 0 amide bonds. The van der Waals surface area contributed by atoms with Gasteiger partial charge in [-0.25, -0.2) is 8.36 Å². The van der Waals surface area contributed by atoms with Gasteiger partial charge in [-0.3, -0.25) is 0 Å². The Labute approximate surface area is 150 Å². The molecule has 1 atom stereocenters. The molecule has 7 heteroatoms. The minimum absolute atomic E-state index is 0.0836. The van der Waals surface area contributed by atoms with Crippen molar-refractivity contribution in [3.8, 4) is 11.3 Å². The van der Waals surface area contributed by atoms with Crippen molar-refractivity contribution in [1.82, 2.24) is 9.29 Å². The minimum Gasteiger partial charge on any atom is -0.313 e. The van der Waals surface area contributed by atoms with Gasteiger partial charge in [0, 0.05) is 17.8 Å². The first-order chi connectivity index (χ1) is 12.0. The number of benzene rings is 1. The Balaban J connectivity index is 2.01. The second-order valence-corrected chi connectivity index (χ2v) is 8.99. The van der Waals surface area contributed by atoms with Crippen LogP contribution in [0.3, 0.4) is 0 Å². The third kappa shape index (κ3) is 2.54. The van der Waals surface area contributed by atoms with Crippen molar-refractivity contribution in [2.45, 2.75) is 23.1 Å². The Morgan fingerprint density at radius 2 is 2.04 bits per heavy atom. The zero-order chi connectivity index (χ0) is 17.6. The molecule has 1 unspecified atom stereocenters. The van der Waals surface area contributed by atoms with Gasteiger partial charge in [-0.05, 0) is 54.6 Å². The maximum atomic E-state index is 14.5. The van der Waals surface area contributed by atoms with Gasteiger partial charge in [0.05, 0.1) is 5.69 Å². The van der Waals surface area contributed by atoms with E-state index in [1.807, 2.05) is 7.05 Å². The smallest absolute Gasteiger partial charge is 0.277 e. The molecular formula is C18H17FN2O2S2. The molecule has 1 aliphatic carbocycles. The Bertz CT molecular complexity index is 1020. The molecule has 1 N–H and O–H groups in total. The summed E-state index contributed by atoms with van der Waals surface area (Å²) in [5, 5.41) is 4.94. The number of nitrogens with zero attached hydrogens (tertiary/aromatic N) is 1. The van der Waals surface area contributed by atoms with Crippen molar-refractivity contribution in [2.24, 2.45) is 0 Å². The lowest BCUT2D eigenvalue weighted by Gasteiger charge is -2.12. The Morgan fingerprint density at radius 1 is 1.24 bits per heavy atom. The fourth-order valence-electron chi connectivity index (χ4n) is 3.48. The van der Waals surface area contributed by atoms with E-state index in [-0.39, 0.29) is 10.3 Å². The summed E-state index contributed by atoms with van der Waals surface area (Å²) >= 11 is 1.16. The third-order valence-electron chi connectivity index (χ3n) is 4.66. The number of nitrogens with one attached hydrogen (secondary N) is 1. The average molecular weight is 376 g/mol. The molecule has 0 saturated heterocycles. The minimum atomic E-state index is -3.76. The maximum Gasteiger partial charge on any atom is 0.277 e. The Kier molecular flexibility index (Phi) is 4.02. The highest BCUT2D eigenvalue weighted by Gasteiger charge is 2.33. The van der Waals surface area contributed by atoms with Crippen LogP contribution in [-0.4, -0.2) is 19.4 Å². The molecule has 2 aromatic heterocycles. The molecule has 0 saturated carbocycles. The quantitative estimate of drug-likeness (QED) is 0.754. The molecule has 0 radical (unpaired) electrons. The monoisotopic (exact) mass is 376 g/mol. The maximum absolute atomic E-state index is 14.5. The van der Waals surface area contributed by atoms with Gasteiger partial charge in [-0.1, -0.05) is 18.2 Å². The summed E-state index contributed by atoms with van der Waals surface area (Å²) in [7, 11) is -1.91. The standard InChI is InChI=1S/C18H17FN2O2S2/c1-20-16-9-8-12-14(16)11-21(25(22,23)17-7-4-10-24-17)18(12)13-5-2-3-6-15(13)19/h2-7,10-11,16,20H,8-9H2,1H3. The SMILES string of the molecule is CNC1CCc2c1cn(S(=O)(=O)c1cccs1)c2-c1ccccc1F. The van der Waals surface area contributed by atoms with Crippen molar-refractivity contribution >= 4 is 21.4 Å². The van der Waals surface area contributed by atoms with Gasteiger partial charge in [0.15, 0.2) is 0 Å². The van der Waals surface area contributed by atoms with Crippen molar-refractivity contribution in [3.05, 3.63) is 64.9 Å². The van der Waals surface area contributed by atoms with Gasteiger partial charge in [-0.15, -0.1) is 11.3 Å². The summed E-state index contributed by atoms with van der Waals surface area (Å²) in [5.41, 5.74) is 2.60. The van der Waals surface area contributed by atoms with Crippen LogP contribution in [0, 0.1) is 5.82 Å². The fraction of sp³-hybridized carbons (Fsp3) is 0.222. The first kappa shape index (κ1) is 16.5. The highest BCUT2D eigenvalue weighted by atomic mass is 32.2. The topological polar surface area (TPSA) is 51.1 Å². The van der Waals surface area contributed by atoms with E-state index in [2.05, 4.69) is 5.32 Å². The van der Waals surface area contributed by atoms with Crippen LogP contribution >= 0.6 is 11.3 Å². The second kappa shape index (κ2) is 6.09. The zero-order valence-corrected chi connectivity index (χ0v) is 15.2. The highest BCUT2D eigenvalue weighted by Crippen LogP contribution is 2.41. The second-order valence-electron chi connectivity index (χ2n) is 6.00. The van der Waals surface area contributed by atoms with Crippen LogP contribution < -0.4 is 5.32 Å². The molecule has 130 valence electrons. The molecule has 3 aromatic rings. The van der Waals surface area contributed by atoms with E-state index in [1.54, 1.807) is 41.9 Å². The lowest BCUT2D eigenvalue weighted by atomic mass is 10.1. The number of hydrogen-bond acceptors (Lipinski definition) is 4. The predicted molar refractivity (Wildman–Crippen MR) is 96.9 cm³/mol. The van der Waals surface area contributed by atoms with E-state index < -0.39 is 15.8 Å². The first-order valence-electron chi connectivity index (χ1n) is 7.99. The molecule has 25 heavy (non-hydrogen) atoms.